The highest BCUT2D eigenvalue weighted by Gasteiger charge is 2.16. The van der Waals surface area contributed by atoms with Gasteiger partial charge in [-0.05, 0) is 37.2 Å². The van der Waals surface area contributed by atoms with Crippen LogP contribution in [0.25, 0.3) is 0 Å². The molecule has 0 bridgehead atoms. The molecule has 0 unspecified atom stereocenters. The maximum Gasteiger partial charge on any atom is 0.0991 e. The van der Waals surface area contributed by atoms with Crippen molar-refractivity contribution >= 4 is 5.69 Å². The number of nitriles is 1. The molecule has 0 N–H and O–H groups in total. The summed E-state index contributed by atoms with van der Waals surface area (Å²) in [4.78, 5) is 4.95. The maximum atomic E-state index is 8.79. The van der Waals surface area contributed by atoms with E-state index in [2.05, 4.69) is 34.9 Å². The van der Waals surface area contributed by atoms with Gasteiger partial charge in [-0.15, -0.1) is 0 Å². The number of rotatable bonds is 4. The molecule has 1 saturated heterocycles. The third-order valence-electron chi connectivity index (χ3n) is 3.56. The van der Waals surface area contributed by atoms with E-state index in [1.807, 2.05) is 12.1 Å². The van der Waals surface area contributed by atoms with Crippen molar-refractivity contribution in [2.75, 3.05) is 37.6 Å². The fourth-order valence-corrected chi connectivity index (χ4v) is 2.36. The van der Waals surface area contributed by atoms with Crippen LogP contribution in [0.1, 0.15) is 25.3 Å². The van der Waals surface area contributed by atoms with E-state index in [0.717, 1.165) is 31.7 Å². The van der Waals surface area contributed by atoms with Crippen LogP contribution in [0.4, 0.5) is 5.69 Å². The summed E-state index contributed by atoms with van der Waals surface area (Å²) in [5.74, 6) is 0. The van der Waals surface area contributed by atoms with Gasteiger partial charge in [0.25, 0.3) is 0 Å². The minimum atomic E-state index is 0.736. The van der Waals surface area contributed by atoms with E-state index in [9.17, 15) is 0 Å². The highest BCUT2D eigenvalue weighted by atomic mass is 15.3. The number of benzene rings is 1. The Bertz CT molecular complexity index is 397. The van der Waals surface area contributed by atoms with Crippen LogP contribution in [-0.4, -0.2) is 37.6 Å². The third-order valence-corrected chi connectivity index (χ3v) is 3.56. The van der Waals surface area contributed by atoms with Crippen molar-refractivity contribution in [1.29, 1.82) is 5.26 Å². The minimum Gasteiger partial charge on any atom is -0.369 e. The Balaban J connectivity index is 1.87. The van der Waals surface area contributed by atoms with Crippen LogP contribution in [0.3, 0.4) is 0 Å². The lowest BCUT2D eigenvalue weighted by molar-refractivity contribution is 0.254. The molecule has 1 aliphatic rings. The van der Waals surface area contributed by atoms with E-state index in [0.29, 0.717) is 0 Å². The van der Waals surface area contributed by atoms with Crippen LogP contribution in [-0.2, 0) is 0 Å². The van der Waals surface area contributed by atoms with E-state index in [-0.39, 0.29) is 0 Å². The quantitative estimate of drug-likeness (QED) is 0.814. The predicted octanol–water partition coefficient (Wildman–Crippen LogP) is 2.48. The molecule has 1 aliphatic heterocycles. The van der Waals surface area contributed by atoms with Gasteiger partial charge in [0, 0.05) is 31.9 Å². The molecular formula is C15H21N3. The molecule has 0 atom stereocenters. The van der Waals surface area contributed by atoms with E-state index >= 15 is 0 Å². The fourth-order valence-electron chi connectivity index (χ4n) is 2.36. The lowest BCUT2D eigenvalue weighted by Crippen LogP contribution is -2.46. The summed E-state index contributed by atoms with van der Waals surface area (Å²) >= 11 is 0. The molecule has 0 saturated carbocycles. The minimum absolute atomic E-state index is 0.736. The zero-order valence-electron chi connectivity index (χ0n) is 11.1. The first-order valence-corrected chi connectivity index (χ1v) is 6.81. The zero-order chi connectivity index (χ0) is 12.8. The van der Waals surface area contributed by atoms with Crippen LogP contribution < -0.4 is 4.90 Å². The van der Waals surface area contributed by atoms with Crippen LogP contribution in [0, 0.1) is 11.3 Å². The summed E-state index contributed by atoms with van der Waals surface area (Å²) in [6.45, 7) is 7.97. The van der Waals surface area contributed by atoms with Crippen molar-refractivity contribution in [1.82, 2.24) is 4.90 Å². The first-order valence-electron chi connectivity index (χ1n) is 6.81. The lowest BCUT2D eigenvalue weighted by atomic mass is 10.2. The molecule has 96 valence electrons. The zero-order valence-corrected chi connectivity index (χ0v) is 11.1. The number of hydrogen-bond acceptors (Lipinski definition) is 3. The highest BCUT2D eigenvalue weighted by Crippen LogP contribution is 2.17. The van der Waals surface area contributed by atoms with Gasteiger partial charge in [-0.25, -0.2) is 0 Å². The number of nitrogens with zero attached hydrogens (tertiary/aromatic N) is 3. The molecule has 3 nitrogen and oxygen atoms in total. The molecule has 3 heteroatoms. The number of piperazine rings is 1. The Kier molecular flexibility index (Phi) is 4.60. The van der Waals surface area contributed by atoms with Crippen molar-refractivity contribution < 1.29 is 0 Å². The molecule has 0 radical (unpaired) electrons. The first kappa shape index (κ1) is 12.9. The Labute approximate surface area is 110 Å². The maximum absolute atomic E-state index is 8.79. The smallest absolute Gasteiger partial charge is 0.0991 e. The largest absolute Gasteiger partial charge is 0.369 e. The van der Waals surface area contributed by atoms with E-state index in [4.69, 9.17) is 5.26 Å². The molecule has 1 heterocycles. The number of unbranched alkanes of at least 4 members (excludes halogenated alkanes) is 1. The van der Waals surface area contributed by atoms with E-state index in [1.165, 1.54) is 25.1 Å². The molecule has 0 amide bonds. The van der Waals surface area contributed by atoms with Crippen LogP contribution in [0.15, 0.2) is 24.3 Å². The van der Waals surface area contributed by atoms with E-state index in [1.54, 1.807) is 0 Å². The normalized spacial score (nSPS) is 16.6. The third kappa shape index (κ3) is 3.24. The molecular weight excluding hydrogens is 222 g/mol. The van der Waals surface area contributed by atoms with Crippen molar-refractivity contribution in [3.63, 3.8) is 0 Å². The summed E-state index contributed by atoms with van der Waals surface area (Å²) in [7, 11) is 0. The van der Waals surface area contributed by atoms with Gasteiger partial charge in [-0.1, -0.05) is 13.3 Å². The second-order valence-electron chi connectivity index (χ2n) is 4.84. The van der Waals surface area contributed by atoms with E-state index < -0.39 is 0 Å². The lowest BCUT2D eigenvalue weighted by Gasteiger charge is -2.36. The average molecular weight is 243 g/mol. The fraction of sp³-hybridized carbons (Fsp3) is 0.533. The van der Waals surface area contributed by atoms with Crippen molar-refractivity contribution in [2.24, 2.45) is 0 Å². The molecule has 0 aromatic heterocycles. The van der Waals surface area contributed by atoms with Gasteiger partial charge in [0.15, 0.2) is 0 Å². The monoisotopic (exact) mass is 243 g/mol. The second-order valence-corrected chi connectivity index (χ2v) is 4.84. The van der Waals surface area contributed by atoms with Gasteiger partial charge in [-0.2, -0.15) is 5.26 Å². The standard InChI is InChI=1S/C15H21N3/c1-2-3-8-17-9-11-18(12-10-17)15-6-4-14(13-16)5-7-15/h4-7H,2-3,8-12H2,1H3. The average Bonchev–Trinajstić information content (AvgIpc) is 2.46. The highest BCUT2D eigenvalue weighted by molar-refractivity contribution is 5.50. The Morgan fingerprint density at radius 2 is 1.78 bits per heavy atom. The summed E-state index contributed by atoms with van der Waals surface area (Å²) in [6.07, 6.45) is 2.58. The van der Waals surface area contributed by atoms with Crippen LogP contribution >= 0.6 is 0 Å². The van der Waals surface area contributed by atoms with Crippen molar-refractivity contribution in [3.05, 3.63) is 29.8 Å². The van der Waals surface area contributed by atoms with Gasteiger partial charge in [0.2, 0.25) is 0 Å². The molecule has 0 aliphatic carbocycles. The molecule has 1 aromatic carbocycles. The molecule has 2 rings (SSSR count). The summed E-state index contributed by atoms with van der Waals surface area (Å²) < 4.78 is 0. The summed E-state index contributed by atoms with van der Waals surface area (Å²) in [6, 6.07) is 10.1. The van der Waals surface area contributed by atoms with Crippen molar-refractivity contribution in [2.45, 2.75) is 19.8 Å². The van der Waals surface area contributed by atoms with Gasteiger partial charge >= 0.3 is 0 Å². The summed E-state index contributed by atoms with van der Waals surface area (Å²) in [5.41, 5.74) is 1.98. The summed E-state index contributed by atoms with van der Waals surface area (Å²) in [5, 5.41) is 8.79. The van der Waals surface area contributed by atoms with Crippen molar-refractivity contribution in [3.8, 4) is 6.07 Å². The number of hydrogen-bond donors (Lipinski definition) is 0. The molecule has 18 heavy (non-hydrogen) atoms. The number of anilines is 1. The first-order chi connectivity index (χ1) is 8.83. The predicted molar refractivity (Wildman–Crippen MR) is 74.7 cm³/mol. The molecule has 1 fully saturated rings. The Morgan fingerprint density at radius 1 is 1.11 bits per heavy atom. The topological polar surface area (TPSA) is 30.3 Å². The van der Waals surface area contributed by atoms with Gasteiger partial charge in [-0.3, -0.25) is 4.90 Å². The van der Waals surface area contributed by atoms with Gasteiger partial charge in [0.1, 0.15) is 0 Å². The Hall–Kier alpha value is -1.53. The van der Waals surface area contributed by atoms with Crippen LogP contribution in [0.2, 0.25) is 0 Å². The SMILES string of the molecule is CCCCN1CCN(c2ccc(C#N)cc2)CC1. The second kappa shape index (κ2) is 6.42. The van der Waals surface area contributed by atoms with Gasteiger partial charge in [0.05, 0.1) is 11.6 Å². The Morgan fingerprint density at radius 3 is 2.33 bits per heavy atom. The molecule has 0 spiro atoms. The molecule has 1 aromatic rings. The van der Waals surface area contributed by atoms with Crippen LogP contribution in [0.5, 0.6) is 0 Å². The van der Waals surface area contributed by atoms with Gasteiger partial charge < -0.3 is 4.90 Å².